The second-order valence-corrected chi connectivity index (χ2v) is 6.08. The number of ether oxygens (including phenoxy) is 2. The van der Waals surface area contributed by atoms with Crippen molar-refractivity contribution in [2.24, 2.45) is 5.73 Å². The van der Waals surface area contributed by atoms with Gasteiger partial charge in [-0.25, -0.2) is 0 Å². The molecule has 6 nitrogen and oxygen atoms in total. The number of carbonyl (C=O) groups excluding carboxylic acids is 2. The molecule has 0 aliphatic rings. The summed E-state index contributed by atoms with van der Waals surface area (Å²) >= 11 is 5.93. The molecule has 0 saturated heterocycles. The summed E-state index contributed by atoms with van der Waals surface area (Å²) in [5.74, 6) is 0.264. The molecule has 0 aliphatic carbocycles. The Hall–Kier alpha value is -2.73. The quantitative estimate of drug-likeness (QED) is 0.703. The first kappa shape index (κ1) is 19.6. The van der Waals surface area contributed by atoms with Gasteiger partial charge in [-0.05, 0) is 41.8 Å². The number of rotatable bonds is 9. The smallest absolute Gasteiger partial charge is 0.255 e. The van der Waals surface area contributed by atoms with Gasteiger partial charge in [0, 0.05) is 18.0 Å². The average Bonchev–Trinajstić information content (AvgIpc) is 2.63. The predicted octanol–water partition coefficient (Wildman–Crippen LogP) is 2.46. The van der Waals surface area contributed by atoms with Crippen molar-refractivity contribution in [2.45, 2.75) is 19.4 Å². The Bertz CT molecular complexity index is 780. The Labute approximate surface area is 157 Å². The highest BCUT2D eigenvalue weighted by Crippen LogP contribution is 2.28. The number of nitrogens with one attached hydrogen (secondary N) is 1. The molecule has 0 atom stereocenters. The molecule has 3 N–H and O–H groups in total. The van der Waals surface area contributed by atoms with E-state index >= 15 is 0 Å². The Morgan fingerprint density at radius 2 is 1.92 bits per heavy atom. The van der Waals surface area contributed by atoms with Gasteiger partial charge in [-0.15, -0.1) is 0 Å². The molecule has 0 bridgehead atoms. The van der Waals surface area contributed by atoms with Crippen molar-refractivity contribution < 1.29 is 19.1 Å². The third-order valence-corrected chi connectivity index (χ3v) is 3.85. The van der Waals surface area contributed by atoms with Crippen LogP contribution in [0.3, 0.4) is 0 Å². The van der Waals surface area contributed by atoms with Crippen LogP contribution in [-0.2, 0) is 22.6 Å². The summed E-state index contributed by atoms with van der Waals surface area (Å²) in [5, 5.41) is 3.52. The first-order valence-electron chi connectivity index (χ1n) is 8.07. The lowest BCUT2D eigenvalue weighted by molar-refractivity contribution is -0.121. The van der Waals surface area contributed by atoms with Gasteiger partial charge in [0.25, 0.3) is 5.91 Å². The van der Waals surface area contributed by atoms with Crippen LogP contribution in [0.2, 0.25) is 5.02 Å². The standard InChI is InChI=1S/C19H21ClN2O4/c1-25-17-10-14(5-7-16(17)26-12-18(21)23)11-22-19(24)8-6-13-3-2-4-15(20)9-13/h2-5,7,9-10H,6,8,11-12H2,1H3,(H2,21,23)(H,22,24). The maximum Gasteiger partial charge on any atom is 0.255 e. The summed E-state index contributed by atoms with van der Waals surface area (Å²) in [6.45, 7) is 0.136. The van der Waals surface area contributed by atoms with Crippen molar-refractivity contribution in [3.8, 4) is 11.5 Å². The molecule has 0 saturated carbocycles. The molecule has 7 heteroatoms. The topological polar surface area (TPSA) is 90.7 Å². The van der Waals surface area contributed by atoms with Crippen LogP contribution < -0.4 is 20.5 Å². The SMILES string of the molecule is COc1cc(CNC(=O)CCc2cccc(Cl)c2)ccc1OCC(N)=O. The number of primary amides is 1. The molecule has 0 aromatic heterocycles. The van der Waals surface area contributed by atoms with Gasteiger partial charge < -0.3 is 20.5 Å². The van der Waals surface area contributed by atoms with Gasteiger partial charge in [0.2, 0.25) is 5.91 Å². The zero-order chi connectivity index (χ0) is 18.9. The van der Waals surface area contributed by atoms with Crippen molar-refractivity contribution in [3.05, 3.63) is 58.6 Å². The molecular formula is C19H21ClN2O4. The van der Waals surface area contributed by atoms with Gasteiger partial charge in [-0.2, -0.15) is 0 Å². The van der Waals surface area contributed by atoms with Gasteiger partial charge in [-0.1, -0.05) is 29.8 Å². The van der Waals surface area contributed by atoms with E-state index in [-0.39, 0.29) is 12.5 Å². The van der Waals surface area contributed by atoms with Crippen LogP contribution in [0.4, 0.5) is 0 Å². The molecule has 2 rings (SSSR count). The molecule has 0 fully saturated rings. The molecule has 2 aromatic rings. The first-order valence-corrected chi connectivity index (χ1v) is 8.45. The van der Waals surface area contributed by atoms with Gasteiger partial charge in [0.15, 0.2) is 18.1 Å². The van der Waals surface area contributed by atoms with E-state index in [9.17, 15) is 9.59 Å². The highest BCUT2D eigenvalue weighted by molar-refractivity contribution is 6.30. The van der Waals surface area contributed by atoms with Gasteiger partial charge in [-0.3, -0.25) is 9.59 Å². The Morgan fingerprint density at radius 1 is 1.12 bits per heavy atom. The van der Waals surface area contributed by atoms with Crippen molar-refractivity contribution in [1.29, 1.82) is 0 Å². The van der Waals surface area contributed by atoms with E-state index in [0.717, 1.165) is 11.1 Å². The normalized spacial score (nSPS) is 10.2. The lowest BCUT2D eigenvalue weighted by atomic mass is 10.1. The number of aryl methyl sites for hydroxylation is 1. The number of halogens is 1. The Balaban J connectivity index is 1.86. The number of nitrogens with two attached hydrogens (primary N) is 1. The van der Waals surface area contributed by atoms with Crippen LogP contribution in [0.1, 0.15) is 17.5 Å². The Kier molecular flexibility index (Phi) is 7.29. The third-order valence-electron chi connectivity index (χ3n) is 3.62. The van der Waals surface area contributed by atoms with E-state index in [1.807, 2.05) is 18.2 Å². The number of hydrogen-bond donors (Lipinski definition) is 2. The second kappa shape index (κ2) is 9.68. The minimum atomic E-state index is -0.567. The van der Waals surface area contributed by atoms with Gasteiger partial charge >= 0.3 is 0 Å². The highest BCUT2D eigenvalue weighted by Gasteiger charge is 2.08. The van der Waals surface area contributed by atoms with E-state index in [1.54, 1.807) is 24.3 Å². The summed E-state index contributed by atoms with van der Waals surface area (Å²) in [7, 11) is 1.50. The second-order valence-electron chi connectivity index (χ2n) is 5.65. The summed E-state index contributed by atoms with van der Waals surface area (Å²) in [4.78, 5) is 22.8. The van der Waals surface area contributed by atoms with E-state index < -0.39 is 5.91 Å². The molecular weight excluding hydrogens is 356 g/mol. The lowest BCUT2D eigenvalue weighted by Crippen LogP contribution is -2.23. The van der Waals surface area contributed by atoms with Crippen LogP contribution in [-0.4, -0.2) is 25.5 Å². The van der Waals surface area contributed by atoms with Gasteiger partial charge in [0.05, 0.1) is 7.11 Å². The van der Waals surface area contributed by atoms with Crippen molar-refractivity contribution in [1.82, 2.24) is 5.32 Å². The van der Waals surface area contributed by atoms with E-state index in [2.05, 4.69) is 5.32 Å². The maximum atomic E-state index is 12.0. The Morgan fingerprint density at radius 3 is 2.62 bits per heavy atom. The van der Waals surface area contributed by atoms with Crippen molar-refractivity contribution in [2.75, 3.05) is 13.7 Å². The van der Waals surface area contributed by atoms with E-state index in [0.29, 0.717) is 35.9 Å². The van der Waals surface area contributed by atoms with Crippen LogP contribution in [0.25, 0.3) is 0 Å². The fourth-order valence-electron chi connectivity index (χ4n) is 2.33. The fourth-order valence-corrected chi connectivity index (χ4v) is 2.54. The lowest BCUT2D eigenvalue weighted by Gasteiger charge is -2.12. The minimum absolute atomic E-state index is 0.0574. The van der Waals surface area contributed by atoms with Crippen LogP contribution in [0, 0.1) is 0 Å². The van der Waals surface area contributed by atoms with Crippen molar-refractivity contribution >= 4 is 23.4 Å². The molecule has 0 heterocycles. The molecule has 0 aliphatic heterocycles. The van der Waals surface area contributed by atoms with E-state index in [1.165, 1.54) is 7.11 Å². The summed E-state index contributed by atoms with van der Waals surface area (Å²) in [6, 6.07) is 12.7. The molecule has 138 valence electrons. The monoisotopic (exact) mass is 376 g/mol. The summed E-state index contributed by atoms with van der Waals surface area (Å²) < 4.78 is 10.5. The maximum absolute atomic E-state index is 12.0. The minimum Gasteiger partial charge on any atom is -0.493 e. The number of amides is 2. The molecule has 2 amide bonds. The van der Waals surface area contributed by atoms with Crippen LogP contribution in [0.15, 0.2) is 42.5 Å². The number of hydrogen-bond acceptors (Lipinski definition) is 4. The highest BCUT2D eigenvalue weighted by atomic mass is 35.5. The van der Waals surface area contributed by atoms with E-state index in [4.69, 9.17) is 26.8 Å². The summed E-state index contributed by atoms with van der Waals surface area (Å²) in [6.07, 6.45) is 0.993. The fraction of sp³-hybridized carbons (Fsp3) is 0.263. The number of methoxy groups -OCH3 is 1. The zero-order valence-corrected chi connectivity index (χ0v) is 15.2. The molecule has 0 unspecified atom stereocenters. The van der Waals surface area contributed by atoms with Crippen molar-refractivity contribution in [3.63, 3.8) is 0 Å². The number of carbonyl (C=O) groups is 2. The molecule has 26 heavy (non-hydrogen) atoms. The summed E-state index contributed by atoms with van der Waals surface area (Å²) in [5.41, 5.74) is 6.93. The predicted molar refractivity (Wildman–Crippen MR) is 99.3 cm³/mol. The average molecular weight is 377 g/mol. The number of benzene rings is 2. The molecule has 0 spiro atoms. The zero-order valence-electron chi connectivity index (χ0n) is 14.5. The first-order chi connectivity index (χ1) is 12.5. The third kappa shape index (κ3) is 6.29. The largest absolute Gasteiger partial charge is 0.493 e. The van der Waals surface area contributed by atoms with Crippen LogP contribution >= 0.6 is 11.6 Å². The molecule has 2 aromatic carbocycles. The van der Waals surface area contributed by atoms with Crippen LogP contribution in [0.5, 0.6) is 11.5 Å². The molecule has 0 radical (unpaired) electrons. The van der Waals surface area contributed by atoms with Gasteiger partial charge in [0.1, 0.15) is 0 Å².